The zero-order valence-electron chi connectivity index (χ0n) is 11.2. The lowest BCUT2D eigenvalue weighted by Crippen LogP contribution is -2.01. The average Bonchev–Trinajstić information content (AvgIpc) is 2.42. The van der Waals surface area contributed by atoms with Crippen LogP contribution in [0.3, 0.4) is 0 Å². The van der Waals surface area contributed by atoms with E-state index < -0.39 is 5.97 Å². The molecule has 0 aliphatic heterocycles. The molecule has 0 amide bonds. The van der Waals surface area contributed by atoms with Crippen LogP contribution >= 0.6 is 11.6 Å². The molecule has 0 radical (unpaired) electrons. The van der Waals surface area contributed by atoms with Crippen molar-refractivity contribution in [2.45, 2.75) is 20.3 Å². The fourth-order valence-corrected chi connectivity index (χ4v) is 1.88. The molecule has 5 heteroatoms. The highest BCUT2D eigenvalue weighted by Gasteiger charge is 2.10. The summed E-state index contributed by atoms with van der Waals surface area (Å²) in [6, 6.07) is 8.22. The molecule has 4 nitrogen and oxygen atoms in total. The van der Waals surface area contributed by atoms with E-state index in [1.54, 1.807) is 18.2 Å². The Balaban J connectivity index is 2.39. The SMILES string of the molecule is CCc1cc(C(=O)O)cc(Oc2cc(Cl)ccc2C)n1. The lowest BCUT2D eigenvalue weighted by atomic mass is 10.2. The molecule has 0 saturated carbocycles. The first-order valence-corrected chi connectivity index (χ1v) is 6.55. The van der Waals surface area contributed by atoms with Crippen LogP contribution in [0.1, 0.15) is 28.5 Å². The summed E-state index contributed by atoms with van der Waals surface area (Å²) >= 11 is 5.93. The number of hydrogen-bond donors (Lipinski definition) is 1. The summed E-state index contributed by atoms with van der Waals surface area (Å²) in [5.41, 5.74) is 1.72. The number of halogens is 1. The lowest BCUT2D eigenvalue weighted by Gasteiger charge is -2.10. The van der Waals surface area contributed by atoms with E-state index in [4.69, 9.17) is 21.4 Å². The quantitative estimate of drug-likeness (QED) is 0.921. The lowest BCUT2D eigenvalue weighted by molar-refractivity contribution is 0.0696. The zero-order valence-corrected chi connectivity index (χ0v) is 11.9. The number of rotatable bonds is 4. The molecule has 2 rings (SSSR count). The van der Waals surface area contributed by atoms with Crippen LogP contribution in [0.2, 0.25) is 5.02 Å². The predicted octanol–water partition coefficient (Wildman–Crippen LogP) is 4.10. The molecule has 0 fully saturated rings. The average molecular weight is 292 g/mol. The van der Waals surface area contributed by atoms with E-state index in [0.717, 1.165) is 5.56 Å². The third-order valence-electron chi connectivity index (χ3n) is 2.83. The molecule has 0 spiro atoms. The van der Waals surface area contributed by atoms with Crippen molar-refractivity contribution in [2.75, 3.05) is 0 Å². The zero-order chi connectivity index (χ0) is 14.7. The molecule has 0 aliphatic carbocycles. The van der Waals surface area contributed by atoms with E-state index in [0.29, 0.717) is 22.9 Å². The van der Waals surface area contributed by atoms with E-state index in [-0.39, 0.29) is 11.4 Å². The Kier molecular flexibility index (Phi) is 4.25. The molecule has 1 heterocycles. The molecule has 0 unspecified atom stereocenters. The number of pyridine rings is 1. The van der Waals surface area contributed by atoms with Crippen molar-refractivity contribution < 1.29 is 14.6 Å². The molecule has 20 heavy (non-hydrogen) atoms. The Bertz CT molecular complexity index is 656. The van der Waals surface area contributed by atoms with Gasteiger partial charge in [-0.05, 0) is 37.1 Å². The van der Waals surface area contributed by atoms with Gasteiger partial charge in [0.1, 0.15) is 5.75 Å². The van der Waals surface area contributed by atoms with Crippen LogP contribution in [0.15, 0.2) is 30.3 Å². The summed E-state index contributed by atoms with van der Waals surface area (Å²) < 4.78 is 5.66. The fraction of sp³-hybridized carbons (Fsp3) is 0.200. The number of carboxylic acid groups (broad SMARTS) is 1. The number of hydrogen-bond acceptors (Lipinski definition) is 3. The third-order valence-corrected chi connectivity index (χ3v) is 3.06. The van der Waals surface area contributed by atoms with Gasteiger partial charge in [-0.3, -0.25) is 0 Å². The van der Waals surface area contributed by atoms with Gasteiger partial charge < -0.3 is 9.84 Å². The van der Waals surface area contributed by atoms with Gasteiger partial charge in [0.25, 0.3) is 0 Å². The van der Waals surface area contributed by atoms with Crippen LogP contribution in [-0.2, 0) is 6.42 Å². The third kappa shape index (κ3) is 3.27. The number of carbonyl (C=O) groups is 1. The van der Waals surface area contributed by atoms with Gasteiger partial charge in [0.05, 0.1) is 5.56 Å². The highest BCUT2D eigenvalue weighted by molar-refractivity contribution is 6.30. The molecular weight excluding hydrogens is 278 g/mol. The maximum absolute atomic E-state index is 11.1. The monoisotopic (exact) mass is 291 g/mol. The second kappa shape index (κ2) is 5.92. The van der Waals surface area contributed by atoms with Crippen LogP contribution in [0.25, 0.3) is 0 Å². The Morgan fingerprint density at radius 3 is 2.75 bits per heavy atom. The van der Waals surface area contributed by atoms with Crippen molar-refractivity contribution in [3.8, 4) is 11.6 Å². The highest BCUT2D eigenvalue weighted by Crippen LogP contribution is 2.27. The van der Waals surface area contributed by atoms with Crippen LogP contribution in [0, 0.1) is 6.92 Å². The molecular formula is C15H14ClNO3. The standard InChI is InChI=1S/C15H14ClNO3/c1-3-12-6-10(15(18)19)7-14(17-12)20-13-8-11(16)5-4-9(13)2/h4-8H,3H2,1-2H3,(H,18,19). The van der Waals surface area contributed by atoms with E-state index in [1.807, 2.05) is 19.9 Å². The van der Waals surface area contributed by atoms with E-state index in [9.17, 15) is 4.79 Å². The molecule has 0 atom stereocenters. The maximum Gasteiger partial charge on any atom is 0.335 e. The topological polar surface area (TPSA) is 59.4 Å². The highest BCUT2D eigenvalue weighted by atomic mass is 35.5. The van der Waals surface area contributed by atoms with Crippen LogP contribution in [0.4, 0.5) is 0 Å². The second-order valence-corrected chi connectivity index (χ2v) is 4.79. The number of aromatic carboxylic acids is 1. The molecule has 0 bridgehead atoms. The van der Waals surface area contributed by atoms with Gasteiger partial charge in [-0.1, -0.05) is 24.6 Å². The summed E-state index contributed by atoms with van der Waals surface area (Å²) in [7, 11) is 0. The first kappa shape index (κ1) is 14.3. The predicted molar refractivity (Wildman–Crippen MR) is 76.8 cm³/mol. The van der Waals surface area contributed by atoms with Crippen LogP contribution in [-0.4, -0.2) is 16.1 Å². The molecule has 1 N–H and O–H groups in total. The minimum atomic E-state index is -1.00. The second-order valence-electron chi connectivity index (χ2n) is 4.36. The normalized spacial score (nSPS) is 10.3. The van der Waals surface area contributed by atoms with Crippen molar-refractivity contribution in [3.05, 3.63) is 52.2 Å². The molecule has 1 aromatic carbocycles. The number of aromatic nitrogens is 1. The first-order valence-electron chi connectivity index (χ1n) is 6.18. The van der Waals surface area contributed by atoms with Crippen molar-refractivity contribution in [3.63, 3.8) is 0 Å². The number of ether oxygens (including phenoxy) is 1. The van der Waals surface area contributed by atoms with Gasteiger partial charge in [0, 0.05) is 16.8 Å². The molecule has 2 aromatic rings. The van der Waals surface area contributed by atoms with Gasteiger partial charge in [-0.25, -0.2) is 9.78 Å². The molecule has 1 aromatic heterocycles. The van der Waals surface area contributed by atoms with Gasteiger partial charge in [-0.2, -0.15) is 0 Å². The molecule has 0 saturated heterocycles. The number of aryl methyl sites for hydroxylation is 2. The Morgan fingerprint density at radius 2 is 2.10 bits per heavy atom. The van der Waals surface area contributed by atoms with Gasteiger partial charge in [0.2, 0.25) is 5.88 Å². The minimum Gasteiger partial charge on any atom is -0.478 e. The van der Waals surface area contributed by atoms with Crippen molar-refractivity contribution in [2.24, 2.45) is 0 Å². The van der Waals surface area contributed by atoms with Crippen LogP contribution in [0.5, 0.6) is 11.6 Å². The fourth-order valence-electron chi connectivity index (χ4n) is 1.71. The minimum absolute atomic E-state index is 0.159. The van der Waals surface area contributed by atoms with Crippen molar-refractivity contribution in [1.29, 1.82) is 0 Å². The molecule has 0 aliphatic rings. The largest absolute Gasteiger partial charge is 0.478 e. The number of nitrogens with zero attached hydrogens (tertiary/aromatic N) is 1. The smallest absolute Gasteiger partial charge is 0.335 e. The Labute approximate surface area is 122 Å². The van der Waals surface area contributed by atoms with Crippen LogP contribution < -0.4 is 4.74 Å². The van der Waals surface area contributed by atoms with E-state index in [1.165, 1.54) is 6.07 Å². The van der Waals surface area contributed by atoms with E-state index >= 15 is 0 Å². The van der Waals surface area contributed by atoms with Gasteiger partial charge in [-0.15, -0.1) is 0 Å². The summed E-state index contributed by atoms with van der Waals surface area (Å²) in [6.45, 7) is 3.79. The summed E-state index contributed by atoms with van der Waals surface area (Å²) in [6.07, 6.45) is 0.631. The summed E-state index contributed by atoms with van der Waals surface area (Å²) in [5.74, 6) is -0.184. The summed E-state index contributed by atoms with van der Waals surface area (Å²) in [5, 5.41) is 9.64. The Morgan fingerprint density at radius 1 is 1.35 bits per heavy atom. The van der Waals surface area contributed by atoms with Crippen molar-refractivity contribution >= 4 is 17.6 Å². The Hall–Kier alpha value is -2.07. The maximum atomic E-state index is 11.1. The number of benzene rings is 1. The first-order chi connectivity index (χ1) is 9.49. The van der Waals surface area contributed by atoms with E-state index in [2.05, 4.69) is 4.98 Å². The van der Waals surface area contributed by atoms with Gasteiger partial charge in [0.15, 0.2) is 0 Å². The number of carboxylic acids is 1. The molecule has 104 valence electrons. The van der Waals surface area contributed by atoms with Crippen molar-refractivity contribution in [1.82, 2.24) is 4.98 Å². The van der Waals surface area contributed by atoms with Gasteiger partial charge >= 0.3 is 5.97 Å². The summed E-state index contributed by atoms with van der Waals surface area (Å²) in [4.78, 5) is 15.4.